The van der Waals surface area contributed by atoms with E-state index in [4.69, 9.17) is 0 Å². The van der Waals surface area contributed by atoms with E-state index >= 15 is 0 Å². The Morgan fingerprint density at radius 2 is 1.42 bits per heavy atom. The SMILES string of the molecule is O=C(NCc1ccc(F)cc1)c1cc(NCc2ccc(F)cc2)ncn1. The lowest BCUT2D eigenvalue weighted by molar-refractivity contribution is 0.0946. The number of hydrogen-bond donors (Lipinski definition) is 2. The van der Waals surface area contributed by atoms with Gasteiger partial charge in [-0.1, -0.05) is 24.3 Å². The van der Waals surface area contributed by atoms with Crippen LogP contribution >= 0.6 is 0 Å². The van der Waals surface area contributed by atoms with Gasteiger partial charge in [0.15, 0.2) is 0 Å². The molecule has 0 aliphatic carbocycles. The maximum atomic E-state index is 12.9. The van der Waals surface area contributed by atoms with E-state index in [2.05, 4.69) is 20.6 Å². The van der Waals surface area contributed by atoms with Crippen LogP contribution < -0.4 is 10.6 Å². The van der Waals surface area contributed by atoms with Gasteiger partial charge in [0, 0.05) is 19.2 Å². The molecule has 0 saturated carbocycles. The van der Waals surface area contributed by atoms with E-state index in [0.29, 0.717) is 12.4 Å². The molecule has 0 spiro atoms. The van der Waals surface area contributed by atoms with Crippen molar-refractivity contribution < 1.29 is 13.6 Å². The van der Waals surface area contributed by atoms with Gasteiger partial charge in [0.2, 0.25) is 0 Å². The monoisotopic (exact) mass is 354 g/mol. The zero-order valence-corrected chi connectivity index (χ0v) is 13.7. The van der Waals surface area contributed by atoms with Gasteiger partial charge in [0.05, 0.1) is 0 Å². The molecule has 26 heavy (non-hydrogen) atoms. The topological polar surface area (TPSA) is 66.9 Å². The maximum absolute atomic E-state index is 12.9. The fourth-order valence-corrected chi connectivity index (χ4v) is 2.25. The molecular formula is C19H16F2N4O. The third kappa shape index (κ3) is 4.83. The number of carbonyl (C=O) groups is 1. The van der Waals surface area contributed by atoms with E-state index in [-0.39, 0.29) is 29.8 Å². The van der Waals surface area contributed by atoms with Crippen LogP contribution in [-0.2, 0) is 13.1 Å². The van der Waals surface area contributed by atoms with Crippen LogP contribution in [-0.4, -0.2) is 15.9 Å². The van der Waals surface area contributed by atoms with Gasteiger partial charge in [-0.3, -0.25) is 4.79 Å². The van der Waals surface area contributed by atoms with Crippen LogP contribution in [0, 0.1) is 11.6 Å². The highest BCUT2D eigenvalue weighted by Gasteiger charge is 2.08. The van der Waals surface area contributed by atoms with Gasteiger partial charge in [-0.15, -0.1) is 0 Å². The molecule has 2 aromatic carbocycles. The third-order valence-electron chi connectivity index (χ3n) is 3.65. The quantitative estimate of drug-likeness (QED) is 0.713. The lowest BCUT2D eigenvalue weighted by atomic mass is 10.2. The Balaban J connectivity index is 1.58. The van der Waals surface area contributed by atoms with Crippen LogP contribution in [0.2, 0.25) is 0 Å². The number of carbonyl (C=O) groups excluding carboxylic acids is 1. The van der Waals surface area contributed by atoms with E-state index in [1.807, 2.05) is 0 Å². The minimum absolute atomic E-state index is 0.212. The van der Waals surface area contributed by atoms with Crippen molar-refractivity contribution in [1.29, 1.82) is 0 Å². The van der Waals surface area contributed by atoms with Gasteiger partial charge in [-0.2, -0.15) is 0 Å². The van der Waals surface area contributed by atoms with Gasteiger partial charge < -0.3 is 10.6 Å². The summed E-state index contributed by atoms with van der Waals surface area (Å²) in [7, 11) is 0. The summed E-state index contributed by atoms with van der Waals surface area (Å²) in [6.45, 7) is 0.704. The van der Waals surface area contributed by atoms with Gasteiger partial charge in [0.25, 0.3) is 5.91 Å². The van der Waals surface area contributed by atoms with Gasteiger partial charge in [0.1, 0.15) is 29.5 Å². The minimum atomic E-state index is -0.360. The van der Waals surface area contributed by atoms with Crippen LogP contribution in [0.1, 0.15) is 21.6 Å². The predicted molar refractivity (Wildman–Crippen MR) is 93.3 cm³/mol. The Kier molecular flexibility index (Phi) is 5.48. The molecule has 0 aliphatic rings. The van der Waals surface area contributed by atoms with E-state index < -0.39 is 0 Å². The number of nitrogens with one attached hydrogen (secondary N) is 2. The van der Waals surface area contributed by atoms with Gasteiger partial charge in [-0.25, -0.2) is 18.7 Å². The fraction of sp³-hybridized carbons (Fsp3) is 0.105. The molecule has 1 heterocycles. The molecule has 0 unspecified atom stereocenters. The average Bonchev–Trinajstić information content (AvgIpc) is 2.67. The highest BCUT2D eigenvalue weighted by Crippen LogP contribution is 2.09. The second kappa shape index (κ2) is 8.15. The molecule has 5 nitrogen and oxygen atoms in total. The van der Waals surface area contributed by atoms with Gasteiger partial charge in [-0.05, 0) is 35.4 Å². The van der Waals surface area contributed by atoms with Crippen molar-refractivity contribution in [3.63, 3.8) is 0 Å². The standard InChI is InChI=1S/C19H16F2N4O/c20-15-5-1-13(2-6-15)10-22-18-9-17(24-12-25-18)19(26)23-11-14-3-7-16(21)8-4-14/h1-9,12H,10-11H2,(H,23,26)(H,22,24,25). The molecule has 0 atom stereocenters. The number of anilines is 1. The zero-order chi connectivity index (χ0) is 18.4. The molecule has 0 bridgehead atoms. The number of benzene rings is 2. The number of hydrogen-bond acceptors (Lipinski definition) is 4. The van der Waals surface area contributed by atoms with Crippen molar-refractivity contribution in [3.05, 3.63) is 89.4 Å². The highest BCUT2D eigenvalue weighted by atomic mass is 19.1. The third-order valence-corrected chi connectivity index (χ3v) is 3.65. The van der Waals surface area contributed by atoms with Crippen molar-refractivity contribution in [2.24, 2.45) is 0 Å². The number of halogens is 2. The van der Waals surface area contributed by atoms with Crippen molar-refractivity contribution in [1.82, 2.24) is 15.3 Å². The molecule has 1 aromatic heterocycles. The first-order valence-corrected chi connectivity index (χ1v) is 7.93. The van der Waals surface area contributed by atoms with Crippen LogP contribution in [0.3, 0.4) is 0 Å². The molecule has 2 N–H and O–H groups in total. The van der Waals surface area contributed by atoms with Crippen LogP contribution in [0.25, 0.3) is 0 Å². The van der Waals surface area contributed by atoms with E-state index in [0.717, 1.165) is 11.1 Å². The summed E-state index contributed by atoms with van der Waals surface area (Å²) < 4.78 is 25.8. The number of amides is 1. The van der Waals surface area contributed by atoms with Crippen LogP contribution in [0.4, 0.5) is 14.6 Å². The largest absolute Gasteiger partial charge is 0.366 e. The molecule has 0 fully saturated rings. The van der Waals surface area contributed by atoms with Crippen molar-refractivity contribution in [2.45, 2.75) is 13.1 Å². The maximum Gasteiger partial charge on any atom is 0.270 e. The summed E-state index contributed by atoms with van der Waals surface area (Å²) in [5, 5.41) is 5.78. The number of aromatic nitrogens is 2. The number of nitrogens with zero attached hydrogens (tertiary/aromatic N) is 2. The molecular weight excluding hydrogens is 338 g/mol. The normalized spacial score (nSPS) is 10.4. The second-order valence-corrected chi connectivity index (χ2v) is 5.58. The lowest BCUT2D eigenvalue weighted by Gasteiger charge is -2.08. The molecule has 7 heteroatoms. The van der Waals surface area contributed by atoms with Gasteiger partial charge >= 0.3 is 0 Å². The summed E-state index contributed by atoms with van der Waals surface area (Å²) in [6.07, 6.45) is 1.29. The van der Waals surface area contributed by atoms with Crippen LogP contribution in [0.5, 0.6) is 0 Å². The molecule has 0 aliphatic heterocycles. The van der Waals surface area contributed by atoms with Crippen molar-refractivity contribution >= 4 is 11.7 Å². The molecule has 3 aromatic rings. The van der Waals surface area contributed by atoms with Crippen LogP contribution in [0.15, 0.2) is 60.9 Å². The summed E-state index contributed by atoms with van der Waals surface area (Å²) >= 11 is 0. The summed E-state index contributed by atoms with van der Waals surface area (Å²) in [5.74, 6) is -0.499. The molecule has 0 saturated heterocycles. The first kappa shape index (κ1) is 17.5. The lowest BCUT2D eigenvalue weighted by Crippen LogP contribution is -2.24. The van der Waals surface area contributed by atoms with E-state index in [9.17, 15) is 13.6 Å². The first-order chi connectivity index (χ1) is 12.6. The fourth-order valence-electron chi connectivity index (χ4n) is 2.25. The zero-order valence-electron chi connectivity index (χ0n) is 13.7. The van der Waals surface area contributed by atoms with Crippen molar-refractivity contribution in [2.75, 3.05) is 5.32 Å². The van der Waals surface area contributed by atoms with E-state index in [1.165, 1.54) is 36.7 Å². The molecule has 0 radical (unpaired) electrons. The second-order valence-electron chi connectivity index (χ2n) is 5.58. The molecule has 3 rings (SSSR count). The Hall–Kier alpha value is -3.35. The predicted octanol–water partition coefficient (Wildman–Crippen LogP) is 3.30. The van der Waals surface area contributed by atoms with E-state index in [1.54, 1.807) is 24.3 Å². The Morgan fingerprint density at radius 3 is 2.04 bits per heavy atom. The Bertz CT molecular complexity index is 883. The average molecular weight is 354 g/mol. The van der Waals surface area contributed by atoms with Crippen molar-refractivity contribution in [3.8, 4) is 0 Å². The summed E-state index contributed by atoms with van der Waals surface area (Å²) in [6, 6.07) is 13.5. The Morgan fingerprint density at radius 1 is 0.846 bits per heavy atom. The molecule has 132 valence electrons. The highest BCUT2D eigenvalue weighted by molar-refractivity contribution is 5.92. The molecule has 1 amide bonds. The first-order valence-electron chi connectivity index (χ1n) is 7.93. The summed E-state index contributed by atoms with van der Waals surface area (Å²) in [5.41, 5.74) is 1.87. The summed E-state index contributed by atoms with van der Waals surface area (Å²) in [4.78, 5) is 20.2. The smallest absolute Gasteiger partial charge is 0.270 e. The Labute approximate surface area is 149 Å². The number of rotatable bonds is 6. The minimum Gasteiger partial charge on any atom is -0.366 e.